The fraction of sp³-hybridized carbons (Fsp3) is 0. The zero-order valence-corrected chi connectivity index (χ0v) is 12.5. The molecule has 3 aromatic heterocycles. The Morgan fingerprint density at radius 3 is 2.77 bits per heavy atom. The van der Waals surface area contributed by atoms with Crippen molar-refractivity contribution < 1.29 is 14.7 Å². The van der Waals surface area contributed by atoms with Crippen molar-refractivity contribution in [3.8, 4) is 0 Å². The Balaban J connectivity index is 1.98. The summed E-state index contributed by atoms with van der Waals surface area (Å²) in [7, 11) is 0. The van der Waals surface area contributed by atoms with Crippen LogP contribution in [0.5, 0.6) is 0 Å². The van der Waals surface area contributed by atoms with Gasteiger partial charge < -0.3 is 5.11 Å². The molecule has 2 N–H and O–H groups in total. The number of rotatable bonds is 3. The van der Waals surface area contributed by atoms with Crippen LogP contribution in [0.1, 0.15) is 20.8 Å². The molecule has 0 unspecified atom stereocenters. The first kappa shape index (κ1) is 14.1. The van der Waals surface area contributed by atoms with E-state index in [1.165, 1.54) is 6.20 Å². The SMILES string of the molecule is O=C(Nc1nc2ccc(Br)c(C(=O)O)n2n1)c1cccnc1. The molecule has 0 aliphatic rings. The molecule has 3 aromatic rings. The monoisotopic (exact) mass is 361 g/mol. The number of pyridine rings is 2. The molecule has 0 radical (unpaired) electrons. The summed E-state index contributed by atoms with van der Waals surface area (Å²) in [6, 6.07) is 6.37. The van der Waals surface area contributed by atoms with Crippen molar-refractivity contribution in [2.24, 2.45) is 0 Å². The first-order valence-corrected chi connectivity index (χ1v) is 6.85. The van der Waals surface area contributed by atoms with Gasteiger partial charge in [0.25, 0.3) is 5.91 Å². The number of fused-ring (bicyclic) bond motifs is 1. The third-order valence-electron chi connectivity index (χ3n) is 2.80. The van der Waals surface area contributed by atoms with Crippen molar-refractivity contribution in [3.63, 3.8) is 0 Å². The summed E-state index contributed by atoms with van der Waals surface area (Å²) in [5.41, 5.74) is 0.579. The summed E-state index contributed by atoms with van der Waals surface area (Å²) in [5, 5.41) is 15.7. The number of anilines is 1. The predicted molar refractivity (Wildman–Crippen MR) is 79.8 cm³/mol. The van der Waals surface area contributed by atoms with Crippen molar-refractivity contribution in [3.05, 3.63) is 52.4 Å². The number of amides is 1. The minimum atomic E-state index is -1.16. The number of nitrogens with one attached hydrogen (secondary N) is 1. The second-order valence-corrected chi connectivity index (χ2v) is 5.09. The van der Waals surface area contributed by atoms with Gasteiger partial charge in [0.2, 0.25) is 5.95 Å². The van der Waals surface area contributed by atoms with Crippen molar-refractivity contribution in [1.29, 1.82) is 0 Å². The fourth-order valence-electron chi connectivity index (χ4n) is 1.84. The van der Waals surface area contributed by atoms with Crippen LogP contribution in [0.2, 0.25) is 0 Å². The standard InChI is InChI=1S/C13H8BrN5O3/c14-8-3-4-9-16-13(18-19(9)10(8)12(21)22)17-11(20)7-2-1-5-15-6-7/h1-6H,(H,21,22)(H,17,18,20). The third-order valence-corrected chi connectivity index (χ3v) is 3.44. The molecule has 0 aromatic carbocycles. The molecule has 0 atom stereocenters. The van der Waals surface area contributed by atoms with Crippen LogP contribution in [0.15, 0.2) is 41.1 Å². The molecule has 0 fully saturated rings. The lowest BCUT2D eigenvalue weighted by Gasteiger charge is -2.00. The molecule has 3 heterocycles. The van der Waals surface area contributed by atoms with E-state index in [1.54, 1.807) is 30.5 Å². The number of halogens is 1. The molecule has 0 bridgehead atoms. The Morgan fingerprint density at radius 2 is 2.09 bits per heavy atom. The quantitative estimate of drug-likeness (QED) is 0.736. The van der Waals surface area contributed by atoms with E-state index in [0.717, 1.165) is 4.52 Å². The number of carboxylic acids is 1. The maximum Gasteiger partial charge on any atom is 0.355 e. The van der Waals surface area contributed by atoms with Crippen molar-refractivity contribution in [1.82, 2.24) is 19.6 Å². The number of aromatic carboxylic acids is 1. The molecule has 3 rings (SSSR count). The molecule has 9 heteroatoms. The Labute approximate surface area is 131 Å². The van der Waals surface area contributed by atoms with Crippen LogP contribution in [-0.2, 0) is 0 Å². The van der Waals surface area contributed by atoms with E-state index in [1.807, 2.05) is 0 Å². The Morgan fingerprint density at radius 1 is 1.27 bits per heavy atom. The molecular weight excluding hydrogens is 354 g/mol. The molecule has 1 amide bonds. The molecule has 0 aliphatic heterocycles. The van der Waals surface area contributed by atoms with Gasteiger partial charge >= 0.3 is 5.97 Å². The van der Waals surface area contributed by atoms with Gasteiger partial charge in [-0.15, -0.1) is 5.10 Å². The van der Waals surface area contributed by atoms with E-state index in [4.69, 9.17) is 0 Å². The van der Waals surface area contributed by atoms with Crippen molar-refractivity contribution in [2.75, 3.05) is 5.32 Å². The van der Waals surface area contributed by atoms with Gasteiger partial charge in [0.15, 0.2) is 11.3 Å². The van der Waals surface area contributed by atoms with Gasteiger partial charge in [-0.1, -0.05) is 0 Å². The number of nitrogens with zero attached hydrogens (tertiary/aromatic N) is 4. The smallest absolute Gasteiger partial charge is 0.355 e. The first-order chi connectivity index (χ1) is 10.6. The summed E-state index contributed by atoms with van der Waals surface area (Å²) in [4.78, 5) is 31.2. The van der Waals surface area contributed by atoms with Gasteiger partial charge in [0, 0.05) is 12.4 Å². The summed E-state index contributed by atoms with van der Waals surface area (Å²) in [5.74, 6) is -1.58. The highest BCUT2D eigenvalue weighted by Gasteiger charge is 2.17. The fourth-order valence-corrected chi connectivity index (χ4v) is 2.31. The molecule has 8 nitrogen and oxygen atoms in total. The van der Waals surface area contributed by atoms with Crippen LogP contribution in [0.4, 0.5) is 5.95 Å². The second kappa shape index (κ2) is 5.53. The van der Waals surface area contributed by atoms with Crippen LogP contribution < -0.4 is 5.32 Å². The molecule has 0 aliphatic carbocycles. The highest BCUT2D eigenvalue weighted by molar-refractivity contribution is 9.10. The van der Waals surface area contributed by atoms with Crippen molar-refractivity contribution >= 4 is 39.4 Å². The van der Waals surface area contributed by atoms with E-state index in [2.05, 4.69) is 36.3 Å². The molecular formula is C13H8BrN5O3. The largest absolute Gasteiger partial charge is 0.476 e. The topological polar surface area (TPSA) is 109 Å². The number of hydrogen-bond acceptors (Lipinski definition) is 5. The van der Waals surface area contributed by atoms with Gasteiger partial charge in [-0.3, -0.25) is 15.1 Å². The van der Waals surface area contributed by atoms with Gasteiger partial charge in [0.1, 0.15) is 0 Å². The van der Waals surface area contributed by atoms with Crippen LogP contribution in [-0.4, -0.2) is 36.6 Å². The molecule has 0 spiro atoms. The summed E-state index contributed by atoms with van der Waals surface area (Å²) < 4.78 is 1.51. The number of carbonyl (C=O) groups is 2. The van der Waals surface area contributed by atoms with Crippen LogP contribution in [0.3, 0.4) is 0 Å². The van der Waals surface area contributed by atoms with E-state index >= 15 is 0 Å². The van der Waals surface area contributed by atoms with Crippen molar-refractivity contribution in [2.45, 2.75) is 0 Å². The van der Waals surface area contributed by atoms with Crippen LogP contribution in [0, 0.1) is 0 Å². The van der Waals surface area contributed by atoms with Gasteiger partial charge in [0.05, 0.1) is 10.0 Å². The first-order valence-electron chi connectivity index (χ1n) is 6.06. The lowest BCUT2D eigenvalue weighted by atomic mass is 10.3. The lowest BCUT2D eigenvalue weighted by molar-refractivity contribution is 0.0686. The predicted octanol–water partition coefficient (Wildman–Crippen LogP) is 1.84. The average Bonchev–Trinajstić information content (AvgIpc) is 2.89. The maximum absolute atomic E-state index is 12.0. The van der Waals surface area contributed by atoms with Gasteiger partial charge in [-0.25, -0.2) is 9.31 Å². The number of hydrogen-bond donors (Lipinski definition) is 2. The minimum absolute atomic E-state index is 0.00875. The Kier molecular flexibility index (Phi) is 3.55. The van der Waals surface area contributed by atoms with Crippen LogP contribution >= 0.6 is 15.9 Å². The maximum atomic E-state index is 12.0. The van der Waals surface area contributed by atoms with Gasteiger partial charge in [-0.05, 0) is 40.2 Å². The summed E-state index contributed by atoms with van der Waals surface area (Å²) in [6.45, 7) is 0. The van der Waals surface area contributed by atoms with E-state index in [0.29, 0.717) is 15.7 Å². The number of aromatic nitrogens is 4. The lowest BCUT2D eigenvalue weighted by Crippen LogP contribution is -2.13. The highest BCUT2D eigenvalue weighted by atomic mass is 79.9. The van der Waals surface area contributed by atoms with Gasteiger partial charge in [-0.2, -0.15) is 4.98 Å². The average molecular weight is 362 g/mol. The Bertz CT molecular complexity index is 878. The zero-order valence-electron chi connectivity index (χ0n) is 10.9. The highest BCUT2D eigenvalue weighted by Crippen LogP contribution is 2.19. The van der Waals surface area contributed by atoms with E-state index in [-0.39, 0.29) is 11.6 Å². The molecule has 110 valence electrons. The number of carbonyl (C=O) groups excluding carboxylic acids is 1. The van der Waals surface area contributed by atoms with E-state index < -0.39 is 11.9 Å². The third kappa shape index (κ3) is 2.53. The van der Waals surface area contributed by atoms with Crippen LogP contribution in [0.25, 0.3) is 5.65 Å². The summed E-state index contributed by atoms with van der Waals surface area (Å²) in [6.07, 6.45) is 2.96. The summed E-state index contributed by atoms with van der Waals surface area (Å²) >= 11 is 3.15. The molecule has 22 heavy (non-hydrogen) atoms. The normalized spacial score (nSPS) is 10.6. The molecule has 0 saturated heterocycles. The molecule has 0 saturated carbocycles. The number of carboxylic acid groups (broad SMARTS) is 1. The minimum Gasteiger partial charge on any atom is -0.476 e. The Hall–Kier alpha value is -2.81. The second-order valence-electron chi connectivity index (χ2n) is 4.24. The van der Waals surface area contributed by atoms with E-state index in [9.17, 15) is 14.7 Å². The zero-order chi connectivity index (χ0) is 15.7.